The van der Waals surface area contributed by atoms with Crippen LogP contribution in [0.4, 0.5) is 0 Å². The van der Waals surface area contributed by atoms with Crippen LogP contribution in [0.2, 0.25) is 5.02 Å². The summed E-state index contributed by atoms with van der Waals surface area (Å²) in [5, 5.41) is 1.24. The van der Waals surface area contributed by atoms with Crippen molar-refractivity contribution in [2.75, 3.05) is 40.3 Å². The second-order valence-corrected chi connectivity index (χ2v) is 9.31. The summed E-state index contributed by atoms with van der Waals surface area (Å²) in [6, 6.07) is 11.7. The molecule has 4 aromatic rings. The number of halogens is 2. The lowest BCUT2D eigenvalue weighted by atomic mass is 10.1. The van der Waals surface area contributed by atoms with E-state index in [2.05, 4.69) is 25.9 Å². The molecule has 0 unspecified atom stereocenters. The van der Waals surface area contributed by atoms with Gasteiger partial charge in [-0.1, -0.05) is 33.6 Å². The normalized spacial score (nSPS) is 10.9. The van der Waals surface area contributed by atoms with Gasteiger partial charge in [-0.3, -0.25) is 9.59 Å². The van der Waals surface area contributed by atoms with Gasteiger partial charge in [-0.2, -0.15) is 0 Å². The summed E-state index contributed by atoms with van der Waals surface area (Å²) < 4.78 is 16.6. The molecule has 0 aliphatic heterocycles. The van der Waals surface area contributed by atoms with E-state index in [9.17, 15) is 9.59 Å². The van der Waals surface area contributed by atoms with E-state index >= 15 is 0 Å². The Morgan fingerprint density at radius 3 is 2.49 bits per heavy atom. The third kappa shape index (κ3) is 5.40. The average Bonchev–Trinajstić information content (AvgIpc) is 2.90. The van der Waals surface area contributed by atoms with Crippen LogP contribution < -0.4 is 19.8 Å². The SMILES string of the molecule is COc1cc(OC)c2c(=O)[nH]c(-c3ccc(OCCBr)c(-c4ccc(C(=O)N(C)C)cc4Cl)n3)nc2c1. The number of H-pyrrole nitrogens is 1. The fourth-order valence-electron chi connectivity index (χ4n) is 3.75. The number of pyridine rings is 1. The monoisotopic (exact) mass is 586 g/mol. The maximum Gasteiger partial charge on any atom is 0.262 e. The van der Waals surface area contributed by atoms with E-state index in [-0.39, 0.29) is 17.3 Å². The largest absolute Gasteiger partial charge is 0.497 e. The number of methoxy groups -OCH3 is 2. The maximum atomic E-state index is 13.0. The highest BCUT2D eigenvalue weighted by atomic mass is 79.9. The predicted octanol–water partition coefficient (Wildman–Crippen LogP) is 4.80. The number of nitrogens with one attached hydrogen (secondary N) is 1. The summed E-state index contributed by atoms with van der Waals surface area (Å²) in [6.07, 6.45) is 0. The molecule has 2 aromatic heterocycles. The Balaban J connectivity index is 1.88. The van der Waals surface area contributed by atoms with Crippen LogP contribution in [0, 0.1) is 0 Å². The first-order valence-corrected chi connectivity index (χ1v) is 12.6. The number of fused-ring (bicyclic) bond motifs is 1. The number of amides is 1. The number of aromatic amines is 1. The molecule has 1 N–H and O–H groups in total. The minimum atomic E-state index is -0.382. The van der Waals surface area contributed by atoms with Crippen molar-refractivity contribution in [2.24, 2.45) is 0 Å². The van der Waals surface area contributed by atoms with E-state index in [1.54, 1.807) is 56.6 Å². The molecule has 0 bridgehead atoms. The van der Waals surface area contributed by atoms with Gasteiger partial charge in [-0.15, -0.1) is 0 Å². The Kier molecular flexibility index (Phi) is 7.99. The molecule has 0 saturated carbocycles. The number of nitrogens with zero attached hydrogens (tertiary/aromatic N) is 3. The zero-order valence-electron chi connectivity index (χ0n) is 20.6. The number of hydrogen-bond donors (Lipinski definition) is 1. The first-order valence-electron chi connectivity index (χ1n) is 11.1. The van der Waals surface area contributed by atoms with E-state index in [0.717, 1.165) is 0 Å². The van der Waals surface area contributed by atoms with Gasteiger partial charge in [0.15, 0.2) is 5.82 Å². The third-order valence-electron chi connectivity index (χ3n) is 5.51. The van der Waals surface area contributed by atoms with Gasteiger partial charge in [0.05, 0.1) is 31.4 Å². The van der Waals surface area contributed by atoms with Gasteiger partial charge in [0.25, 0.3) is 11.5 Å². The number of carbonyl (C=O) groups is 1. The van der Waals surface area contributed by atoms with Crippen LogP contribution in [0.25, 0.3) is 33.7 Å². The van der Waals surface area contributed by atoms with Gasteiger partial charge in [-0.05, 0) is 24.3 Å². The quantitative estimate of drug-likeness (QED) is 0.295. The number of ether oxygens (including phenoxy) is 3. The summed E-state index contributed by atoms with van der Waals surface area (Å²) in [5.41, 5.74) is 1.86. The van der Waals surface area contributed by atoms with Crippen molar-refractivity contribution in [3.63, 3.8) is 0 Å². The van der Waals surface area contributed by atoms with Gasteiger partial charge in [0, 0.05) is 42.7 Å². The van der Waals surface area contributed by atoms with E-state index in [1.165, 1.54) is 19.1 Å². The fraction of sp³-hybridized carbons (Fsp3) is 0.231. The minimum absolute atomic E-state index is 0.172. The maximum absolute atomic E-state index is 13.0. The third-order valence-corrected chi connectivity index (χ3v) is 6.15. The van der Waals surface area contributed by atoms with Gasteiger partial charge in [0.2, 0.25) is 0 Å². The first kappa shape index (κ1) is 26.4. The Labute approximate surface area is 226 Å². The van der Waals surface area contributed by atoms with Crippen molar-refractivity contribution in [1.29, 1.82) is 0 Å². The average molecular weight is 588 g/mol. The molecule has 0 aliphatic rings. The van der Waals surface area contributed by atoms with Crippen LogP contribution >= 0.6 is 27.5 Å². The van der Waals surface area contributed by atoms with Crippen molar-refractivity contribution < 1.29 is 19.0 Å². The number of rotatable bonds is 8. The predicted molar refractivity (Wildman–Crippen MR) is 146 cm³/mol. The van der Waals surface area contributed by atoms with Gasteiger partial charge in [-0.25, -0.2) is 9.97 Å². The lowest BCUT2D eigenvalue weighted by molar-refractivity contribution is 0.0827. The molecule has 37 heavy (non-hydrogen) atoms. The Hall–Kier alpha value is -3.63. The zero-order valence-corrected chi connectivity index (χ0v) is 22.9. The van der Waals surface area contributed by atoms with Crippen molar-refractivity contribution >= 4 is 44.3 Å². The van der Waals surface area contributed by atoms with Gasteiger partial charge < -0.3 is 24.1 Å². The Morgan fingerprint density at radius 1 is 1.05 bits per heavy atom. The molecule has 0 fully saturated rings. The number of hydrogen-bond acceptors (Lipinski definition) is 7. The van der Waals surface area contributed by atoms with Crippen LogP contribution in [-0.4, -0.2) is 66.0 Å². The number of aromatic nitrogens is 3. The zero-order chi connectivity index (χ0) is 26.7. The van der Waals surface area contributed by atoms with Crippen LogP contribution in [0.3, 0.4) is 0 Å². The molecule has 0 saturated heterocycles. The van der Waals surface area contributed by atoms with E-state index < -0.39 is 0 Å². The number of alkyl halides is 1. The smallest absolute Gasteiger partial charge is 0.262 e. The van der Waals surface area contributed by atoms with Crippen molar-refractivity contribution in [2.45, 2.75) is 0 Å². The molecule has 0 aliphatic carbocycles. The molecule has 2 aromatic carbocycles. The highest BCUT2D eigenvalue weighted by Crippen LogP contribution is 2.36. The van der Waals surface area contributed by atoms with Crippen LogP contribution in [0.15, 0.2) is 47.3 Å². The van der Waals surface area contributed by atoms with Crippen molar-refractivity contribution in [3.05, 3.63) is 63.4 Å². The highest BCUT2D eigenvalue weighted by Gasteiger charge is 2.19. The molecule has 1 amide bonds. The summed E-state index contributed by atoms with van der Waals surface area (Å²) >= 11 is 9.97. The van der Waals surface area contributed by atoms with Crippen molar-refractivity contribution in [1.82, 2.24) is 19.9 Å². The first-order chi connectivity index (χ1) is 17.8. The van der Waals surface area contributed by atoms with Gasteiger partial charge in [0.1, 0.15) is 34.0 Å². The highest BCUT2D eigenvalue weighted by molar-refractivity contribution is 9.09. The molecule has 4 rings (SSSR count). The number of carbonyl (C=O) groups excluding carboxylic acids is 1. The minimum Gasteiger partial charge on any atom is -0.497 e. The molecule has 0 spiro atoms. The molecule has 0 atom stereocenters. The number of benzene rings is 2. The summed E-state index contributed by atoms with van der Waals surface area (Å²) in [7, 11) is 6.34. The molecular formula is C26H24BrClN4O5. The molecule has 2 heterocycles. The molecular weight excluding hydrogens is 564 g/mol. The lowest BCUT2D eigenvalue weighted by Crippen LogP contribution is -2.21. The standard InChI is InChI=1S/C26H24BrClN4O5/c1-32(2)26(34)14-5-6-16(17(28)11-14)23-20(37-10-9-27)8-7-18(29-23)24-30-19-12-15(35-3)13-21(36-4)22(19)25(33)31-24/h5-8,11-13H,9-10H2,1-4H3,(H,30,31,33). The van der Waals surface area contributed by atoms with E-state index in [1.807, 2.05) is 0 Å². The Bertz CT molecular complexity index is 1540. The lowest BCUT2D eigenvalue weighted by Gasteiger charge is -2.15. The molecule has 9 nitrogen and oxygen atoms in total. The summed E-state index contributed by atoms with van der Waals surface area (Å²) in [6.45, 7) is 0.396. The topological polar surface area (TPSA) is 107 Å². The Morgan fingerprint density at radius 2 is 1.84 bits per heavy atom. The van der Waals surface area contributed by atoms with E-state index in [4.69, 9.17) is 30.8 Å². The fourth-order valence-corrected chi connectivity index (χ4v) is 4.18. The second kappa shape index (κ2) is 11.2. The second-order valence-electron chi connectivity index (χ2n) is 8.11. The summed E-state index contributed by atoms with van der Waals surface area (Å²) in [5.74, 6) is 1.41. The van der Waals surface area contributed by atoms with Crippen LogP contribution in [0.1, 0.15) is 10.4 Å². The molecule has 11 heteroatoms. The molecule has 0 radical (unpaired) electrons. The molecule has 192 valence electrons. The van der Waals surface area contributed by atoms with Crippen molar-refractivity contribution in [3.8, 4) is 40.0 Å². The van der Waals surface area contributed by atoms with Gasteiger partial charge >= 0.3 is 0 Å². The van der Waals surface area contributed by atoms with Crippen LogP contribution in [-0.2, 0) is 0 Å². The van der Waals surface area contributed by atoms with E-state index in [0.29, 0.717) is 67.6 Å². The van der Waals surface area contributed by atoms with Crippen LogP contribution in [0.5, 0.6) is 17.2 Å². The summed E-state index contributed by atoms with van der Waals surface area (Å²) in [4.78, 5) is 39.0.